The Morgan fingerprint density at radius 3 is 2.25 bits per heavy atom. The van der Waals surface area contributed by atoms with Gasteiger partial charge in [-0.15, -0.1) is 0 Å². The van der Waals surface area contributed by atoms with E-state index in [0.717, 1.165) is 18.0 Å². The first-order valence-corrected chi connectivity index (χ1v) is 5.91. The number of nitrogens with zero attached hydrogens (tertiary/aromatic N) is 1. The minimum absolute atomic E-state index is 0.473. The van der Waals surface area contributed by atoms with Crippen molar-refractivity contribution in [2.24, 2.45) is 11.3 Å². The van der Waals surface area contributed by atoms with Crippen LogP contribution in [-0.4, -0.2) is 15.2 Å². The van der Waals surface area contributed by atoms with Crippen molar-refractivity contribution in [1.82, 2.24) is 3.11 Å². The molecule has 1 nitrogen and oxygen atoms in total. The average molecular weight is 279 g/mol. The van der Waals surface area contributed by atoms with Crippen LogP contribution in [0.2, 0.25) is 0 Å². The molecule has 0 N–H and O–H groups in total. The maximum absolute atomic E-state index is 2.60. The molecule has 1 aliphatic heterocycles. The Morgan fingerprint density at radius 1 is 1.25 bits per heavy atom. The van der Waals surface area contributed by atoms with Crippen LogP contribution < -0.4 is 0 Å². The van der Waals surface area contributed by atoms with Gasteiger partial charge < -0.3 is 0 Å². The zero-order valence-corrected chi connectivity index (χ0v) is 10.3. The standard InChI is InChI=1S/C10H18IN/c1-10(2,3)9-7-4-5-8(6-7)12(9)11/h7-9H,4-6H2,1-3H3. The Hall–Kier alpha value is 0.690. The monoisotopic (exact) mass is 279 g/mol. The van der Waals surface area contributed by atoms with E-state index in [1.165, 1.54) is 19.3 Å². The van der Waals surface area contributed by atoms with E-state index < -0.39 is 0 Å². The molecule has 0 aromatic heterocycles. The second kappa shape index (κ2) is 2.84. The van der Waals surface area contributed by atoms with Crippen LogP contribution in [-0.2, 0) is 0 Å². The minimum Gasteiger partial charge on any atom is -0.241 e. The van der Waals surface area contributed by atoms with E-state index >= 15 is 0 Å². The van der Waals surface area contributed by atoms with Crippen LogP contribution in [0.1, 0.15) is 40.0 Å². The Labute approximate surface area is 89.4 Å². The minimum atomic E-state index is 0.473. The zero-order chi connectivity index (χ0) is 8.93. The van der Waals surface area contributed by atoms with Crippen LogP contribution in [0.5, 0.6) is 0 Å². The summed E-state index contributed by atoms with van der Waals surface area (Å²) in [6.07, 6.45) is 4.39. The number of piperidine rings is 1. The second-order valence-corrected chi connectivity index (χ2v) is 6.50. The van der Waals surface area contributed by atoms with E-state index in [1.54, 1.807) is 0 Å². The van der Waals surface area contributed by atoms with Gasteiger partial charge in [0.2, 0.25) is 0 Å². The van der Waals surface area contributed by atoms with Gasteiger partial charge in [0.25, 0.3) is 0 Å². The van der Waals surface area contributed by atoms with E-state index in [2.05, 4.69) is 46.7 Å². The van der Waals surface area contributed by atoms with E-state index in [-0.39, 0.29) is 0 Å². The van der Waals surface area contributed by atoms with Gasteiger partial charge in [-0.3, -0.25) is 0 Å². The maximum atomic E-state index is 2.60. The Balaban J connectivity index is 2.17. The lowest BCUT2D eigenvalue weighted by Crippen LogP contribution is -2.42. The number of fused-ring (bicyclic) bond motifs is 2. The molecular weight excluding hydrogens is 261 g/mol. The van der Waals surface area contributed by atoms with Crippen molar-refractivity contribution in [3.05, 3.63) is 0 Å². The predicted octanol–water partition coefficient (Wildman–Crippen LogP) is 3.24. The fraction of sp³-hybridized carbons (Fsp3) is 1.00. The first-order valence-electron chi connectivity index (χ1n) is 4.94. The van der Waals surface area contributed by atoms with Crippen molar-refractivity contribution in [3.8, 4) is 0 Å². The highest BCUT2D eigenvalue weighted by atomic mass is 127. The van der Waals surface area contributed by atoms with Crippen molar-refractivity contribution < 1.29 is 0 Å². The van der Waals surface area contributed by atoms with E-state index in [9.17, 15) is 0 Å². The third kappa shape index (κ3) is 1.31. The lowest BCUT2D eigenvalue weighted by Gasteiger charge is -2.39. The van der Waals surface area contributed by atoms with E-state index in [0.29, 0.717) is 5.41 Å². The van der Waals surface area contributed by atoms with Crippen molar-refractivity contribution >= 4 is 22.9 Å². The molecule has 0 aromatic carbocycles. The molecule has 2 heteroatoms. The topological polar surface area (TPSA) is 3.24 Å². The van der Waals surface area contributed by atoms with Gasteiger partial charge in [-0.25, -0.2) is 3.11 Å². The molecule has 3 atom stereocenters. The average Bonchev–Trinajstić information content (AvgIpc) is 2.42. The number of hydrogen-bond acceptors (Lipinski definition) is 1. The summed E-state index contributed by atoms with van der Waals surface area (Å²) in [4.78, 5) is 0. The first-order chi connectivity index (χ1) is 5.50. The zero-order valence-electron chi connectivity index (χ0n) is 8.18. The summed E-state index contributed by atoms with van der Waals surface area (Å²) in [6.45, 7) is 7.14. The molecular formula is C10H18IN. The van der Waals surface area contributed by atoms with Gasteiger partial charge in [-0.1, -0.05) is 20.8 Å². The molecule has 0 aromatic rings. The summed E-state index contributed by atoms with van der Waals surface area (Å²) in [5.74, 6) is 0.992. The van der Waals surface area contributed by atoms with Gasteiger partial charge >= 0.3 is 0 Å². The fourth-order valence-corrected chi connectivity index (χ4v) is 4.80. The van der Waals surface area contributed by atoms with Crippen LogP contribution in [0.3, 0.4) is 0 Å². The quantitative estimate of drug-likeness (QED) is 0.486. The normalized spacial score (nSPS) is 42.5. The third-order valence-corrected chi connectivity index (χ3v) is 4.78. The van der Waals surface area contributed by atoms with Crippen LogP contribution in [0, 0.1) is 11.3 Å². The molecule has 2 fully saturated rings. The Bertz CT molecular complexity index is 183. The summed E-state index contributed by atoms with van der Waals surface area (Å²) in [5.41, 5.74) is 0.473. The second-order valence-electron chi connectivity index (χ2n) is 5.38. The fourth-order valence-electron chi connectivity index (χ4n) is 3.01. The third-order valence-electron chi connectivity index (χ3n) is 3.39. The molecule has 3 unspecified atom stereocenters. The van der Waals surface area contributed by atoms with Crippen molar-refractivity contribution in [3.63, 3.8) is 0 Å². The highest BCUT2D eigenvalue weighted by Gasteiger charge is 2.49. The van der Waals surface area contributed by atoms with Gasteiger partial charge in [-0.05, 0) is 30.6 Å². The summed E-state index contributed by atoms with van der Waals surface area (Å²) in [6, 6.07) is 1.73. The Morgan fingerprint density at radius 2 is 1.92 bits per heavy atom. The number of rotatable bonds is 0. The molecule has 0 spiro atoms. The predicted molar refractivity (Wildman–Crippen MR) is 60.2 cm³/mol. The molecule has 0 radical (unpaired) electrons. The largest absolute Gasteiger partial charge is 0.241 e. The molecule has 1 aliphatic carbocycles. The lowest BCUT2D eigenvalue weighted by molar-refractivity contribution is 0.152. The highest BCUT2D eigenvalue weighted by molar-refractivity contribution is 14.1. The number of hydrogen-bond donors (Lipinski definition) is 0. The molecule has 1 saturated heterocycles. The van der Waals surface area contributed by atoms with Crippen LogP contribution in [0.4, 0.5) is 0 Å². The Kier molecular flexibility index (Phi) is 2.19. The van der Waals surface area contributed by atoms with Gasteiger partial charge in [0, 0.05) is 34.9 Å². The maximum Gasteiger partial charge on any atom is 0.0274 e. The lowest BCUT2D eigenvalue weighted by atomic mass is 9.79. The molecule has 1 saturated carbocycles. The summed E-state index contributed by atoms with van der Waals surface area (Å²) >= 11 is 2.55. The van der Waals surface area contributed by atoms with E-state index in [4.69, 9.17) is 0 Å². The smallest absolute Gasteiger partial charge is 0.0274 e. The van der Waals surface area contributed by atoms with Gasteiger partial charge in [0.1, 0.15) is 0 Å². The summed E-state index contributed by atoms with van der Waals surface area (Å²) in [5, 5.41) is 0. The van der Waals surface area contributed by atoms with Gasteiger partial charge in [0.15, 0.2) is 0 Å². The summed E-state index contributed by atoms with van der Waals surface area (Å²) < 4.78 is 2.60. The van der Waals surface area contributed by atoms with Crippen molar-refractivity contribution in [2.75, 3.05) is 0 Å². The van der Waals surface area contributed by atoms with Gasteiger partial charge in [0.05, 0.1) is 0 Å². The van der Waals surface area contributed by atoms with E-state index in [1.807, 2.05) is 0 Å². The van der Waals surface area contributed by atoms with Crippen LogP contribution in [0.15, 0.2) is 0 Å². The number of halogens is 1. The molecule has 0 amide bonds. The van der Waals surface area contributed by atoms with Crippen LogP contribution >= 0.6 is 22.9 Å². The SMILES string of the molecule is CC(C)(C)C1C2CCC(C2)N1I. The molecule has 2 aliphatic rings. The first kappa shape index (κ1) is 9.25. The molecule has 1 heterocycles. The molecule has 12 heavy (non-hydrogen) atoms. The van der Waals surface area contributed by atoms with Crippen molar-refractivity contribution in [1.29, 1.82) is 0 Å². The van der Waals surface area contributed by atoms with Gasteiger partial charge in [-0.2, -0.15) is 0 Å². The van der Waals surface area contributed by atoms with Crippen molar-refractivity contribution in [2.45, 2.75) is 52.1 Å². The highest BCUT2D eigenvalue weighted by Crippen LogP contribution is 2.50. The summed E-state index contributed by atoms with van der Waals surface area (Å²) in [7, 11) is 0. The van der Waals surface area contributed by atoms with Crippen LogP contribution in [0.25, 0.3) is 0 Å². The molecule has 70 valence electrons. The molecule has 2 rings (SSSR count). The molecule has 2 bridgehead atoms.